The van der Waals surface area contributed by atoms with Crippen LogP contribution < -0.4 is 9.47 Å². The third-order valence-electron chi connectivity index (χ3n) is 8.18. The number of nitrogens with zero attached hydrogens (tertiary/aromatic N) is 3. The van der Waals surface area contributed by atoms with Gasteiger partial charge < -0.3 is 23.8 Å². The van der Waals surface area contributed by atoms with Gasteiger partial charge in [-0.15, -0.1) is 11.3 Å². The molecule has 0 radical (unpaired) electrons. The van der Waals surface area contributed by atoms with Crippen molar-refractivity contribution < 1.29 is 19.1 Å². The zero-order valence-corrected chi connectivity index (χ0v) is 23.0. The van der Waals surface area contributed by atoms with E-state index in [0.29, 0.717) is 26.2 Å². The van der Waals surface area contributed by atoms with Crippen molar-refractivity contribution in [2.24, 2.45) is 0 Å². The molecule has 1 aliphatic carbocycles. The van der Waals surface area contributed by atoms with Crippen LogP contribution in [0.4, 0.5) is 0 Å². The fourth-order valence-electron chi connectivity index (χ4n) is 6.16. The van der Waals surface area contributed by atoms with Gasteiger partial charge in [-0.2, -0.15) is 0 Å². The van der Waals surface area contributed by atoms with Gasteiger partial charge in [0.2, 0.25) is 5.91 Å². The van der Waals surface area contributed by atoms with Gasteiger partial charge in [0.25, 0.3) is 5.91 Å². The van der Waals surface area contributed by atoms with Crippen LogP contribution in [0.1, 0.15) is 55.1 Å². The van der Waals surface area contributed by atoms with Gasteiger partial charge in [-0.05, 0) is 73.7 Å². The number of aryl methyl sites for hydroxylation is 1. The Labute approximate surface area is 227 Å². The highest BCUT2D eigenvalue weighted by atomic mass is 32.1. The summed E-state index contributed by atoms with van der Waals surface area (Å²) >= 11 is 1.69. The number of rotatable bonds is 5. The molecule has 2 fully saturated rings. The average Bonchev–Trinajstić information content (AvgIpc) is 3.66. The van der Waals surface area contributed by atoms with Crippen molar-refractivity contribution in [3.8, 4) is 33.2 Å². The third kappa shape index (κ3) is 4.59. The molecule has 7 nitrogen and oxygen atoms in total. The Kier molecular flexibility index (Phi) is 6.91. The monoisotopic (exact) mass is 533 g/mol. The average molecular weight is 534 g/mol. The first-order valence-electron chi connectivity index (χ1n) is 13.7. The first-order chi connectivity index (χ1) is 18.5. The molecule has 0 unspecified atom stereocenters. The Hall–Kier alpha value is -3.26. The van der Waals surface area contributed by atoms with E-state index in [0.717, 1.165) is 71.1 Å². The molecule has 2 amide bonds. The second-order valence-corrected chi connectivity index (χ2v) is 11.5. The standard InChI is InChI=1S/C30H35N3O4S/c1-20(34)31-11-6-12-32(15-14-31)30(35)25-18-24(28-9-5-16-38-28)29-23-19-27(37-22-7-3-4-8-22)26(36-2)17-21(23)10-13-33(25)29/h5,9,16-19,22H,3-4,6-8,10-15H2,1-2H3. The minimum atomic E-state index is 0.0406. The number of benzene rings is 1. The number of carbonyl (C=O) groups excluding carboxylic acids is 2. The van der Waals surface area contributed by atoms with E-state index in [1.54, 1.807) is 25.4 Å². The van der Waals surface area contributed by atoms with Crippen LogP contribution in [0.3, 0.4) is 0 Å². The van der Waals surface area contributed by atoms with Crippen molar-refractivity contribution in [1.29, 1.82) is 0 Å². The Morgan fingerprint density at radius 3 is 2.45 bits per heavy atom. The van der Waals surface area contributed by atoms with E-state index in [2.05, 4.69) is 40.3 Å². The molecule has 3 aliphatic rings. The Morgan fingerprint density at radius 2 is 1.71 bits per heavy atom. The number of carbonyl (C=O) groups is 2. The van der Waals surface area contributed by atoms with E-state index in [-0.39, 0.29) is 17.9 Å². The summed E-state index contributed by atoms with van der Waals surface area (Å²) < 4.78 is 14.4. The number of ether oxygens (including phenoxy) is 2. The van der Waals surface area contributed by atoms with Crippen molar-refractivity contribution >= 4 is 23.2 Å². The predicted octanol–water partition coefficient (Wildman–Crippen LogP) is 5.46. The molecular formula is C30H35N3O4S. The van der Waals surface area contributed by atoms with Crippen LogP contribution in [-0.4, -0.2) is 65.6 Å². The Bertz CT molecular complexity index is 1340. The summed E-state index contributed by atoms with van der Waals surface area (Å²) in [5.74, 6) is 1.68. The van der Waals surface area contributed by atoms with E-state index in [4.69, 9.17) is 9.47 Å². The van der Waals surface area contributed by atoms with Crippen molar-refractivity contribution in [3.63, 3.8) is 0 Å². The highest BCUT2D eigenvalue weighted by Crippen LogP contribution is 2.46. The third-order valence-corrected chi connectivity index (χ3v) is 9.08. The summed E-state index contributed by atoms with van der Waals surface area (Å²) in [4.78, 5) is 30.8. The molecule has 1 saturated carbocycles. The lowest BCUT2D eigenvalue weighted by Crippen LogP contribution is -2.37. The molecule has 3 aromatic rings. The van der Waals surface area contributed by atoms with Crippen LogP contribution in [-0.2, 0) is 17.8 Å². The number of fused-ring (bicyclic) bond motifs is 3. The Morgan fingerprint density at radius 1 is 0.921 bits per heavy atom. The van der Waals surface area contributed by atoms with Crippen LogP contribution in [0.15, 0.2) is 35.7 Å². The molecule has 0 bridgehead atoms. The fourth-order valence-corrected chi connectivity index (χ4v) is 6.91. The molecule has 200 valence electrons. The quantitative estimate of drug-likeness (QED) is 0.437. The molecule has 4 heterocycles. The van der Waals surface area contributed by atoms with Crippen molar-refractivity contribution in [2.75, 3.05) is 33.3 Å². The maximum Gasteiger partial charge on any atom is 0.270 e. The van der Waals surface area contributed by atoms with Gasteiger partial charge in [0.05, 0.1) is 18.9 Å². The second-order valence-electron chi connectivity index (χ2n) is 10.5. The SMILES string of the molecule is COc1cc2c(cc1OC1CCCC1)-c1c(-c3cccs3)cc(C(=O)N3CCCN(C(C)=O)CC3)n1CC2. The van der Waals surface area contributed by atoms with E-state index in [9.17, 15) is 9.59 Å². The lowest BCUT2D eigenvalue weighted by atomic mass is 9.95. The predicted molar refractivity (Wildman–Crippen MR) is 149 cm³/mol. The summed E-state index contributed by atoms with van der Waals surface area (Å²) in [5, 5.41) is 2.08. The number of aromatic nitrogens is 1. The molecule has 1 saturated heterocycles. The first kappa shape index (κ1) is 25.0. The highest BCUT2D eigenvalue weighted by molar-refractivity contribution is 7.13. The van der Waals surface area contributed by atoms with Gasteiger partial charge in [0, 0.05) is 55.7 Å². The summed E-state index contributed by atoms with van der Waals surface area (Å²) in [7, 11) is 1.71. The van der Waals surface area contributed by atoms with Crippen LogP contribution in [0.5, 0.6) is 11.5 Å². The van der Waals surface area contributed by atoms with Crippen molar-refractivity contribution in [3.05, 3.63) is 47.0 Å². The lowest BCUT2D eigenvalue weighted by molar-refractivity contribution is -0.128. The number of hydrogen-bond acceptors (Lipinski definition) is 5. The van der Waals surface area contributed by atoms with Crippen LogP contribution in [0.25, 0.3) is 21.7 Å². The van der Waals surface area contributed by atoms with Crippen molar-refractivity contribution in [2.45, 2.75) is 58.1 Å². The van der Waals surface area contributed by atoms with Gasteiger partial charge in [0.1, 0.15) is 5.69 Å². The molecule has 8 heteroatoms. The van der Waals surface area contributed by atoms with Crippen LogP contribution >= 0.6 is 11.3 Å². The van der Waals surface area contributed by atoms with Gasteiger partial charge in [0.15, 0.2) is 11.5 Å². The van der Waals surface area contributed by atoms with E-state index < -0.39 is 0 Å². The zero-order valence-electron chi connectivity index (χ0n) is 22.2. The molecule has 6 rings (SSSR count). The summed E-state index contributed by atoms with van der Waals surface area (Å²) in [5.41, 5.74) is 5.22. The maximum absolute atomic E-state index is 14.0. The molecule has 2 aliphatic heterocycles. The number of methoxy groups -OCH3 is 1. The van der Waals surface area contributed by atoms with Gasteiger partial charge in [-0.25, -0.2) is 0 Å². The molecule has 0 atom stereocenters. The number of thiophene rings is 1. The maximum atomic E-state index is 14.0. The molecule has 1 aromatic carbocycles. The minimum Gasteiger partial charge on any atom is -0.493 e. The van der Waals surface area contributed by atoms with Crippen LogP contribution in [0, 0.1) is 0 Å². The summed E-state index contributed by atoms with van der Waals surface area (Å²) in [6.45, 7) is 4.83. The van der Waals surface area contributed by atoms with E-state index in [1.165, 1.54) is 18.4 Å². The molecule has 0 N–H and O–H groups in total. The second kappa shape index (κ2) is 10.5. The number of amides is 2. The first-order valence-corrected chi connectivity index (χ1v) is 14.6. The smallest absolute Gasteiger partial charge is 0.270 e. The highest BCUT2D eigenvalue weighted by Gasteiger charge is 2.31. The molecule has 2 aromatic heterocycles. The topological polar surface area (TPSA) is 64.0 Å². The summed E-state index contributed by atoms with van der Waals surface area (Å²) in [6.07, 6.45) is 6.40. The molecule has 38 heavy (non-hydrogen) atoms. The molecular weight excluding hydrogens is 498 g/mol. The minimum absolute atomic E-state index is 0.0406. The van der Waals surface area contributed by atoms with Gasteiger partial charge in [-0.3, -0.25) is 9.59 Å². The molecule has 0 spiro atoms. The fraction of sp³-hybridized carbons (Fsp3) is 0.467. The van der Waals surface area contributed by atoms with Gasteiger partial charge >= 0.3 is 0 Å². The largest absolute Gasteiger partial charge is 0.493 e. The zero-order chi connectivity index (χ0) is 26.2. The van der Waals surface area contributed by atoms with E-state index in [1.807, 2.05) is 9.80 Å². The van der Waals surface area contributed by atoms with Gasteiger partial charge in [-0.1, -0.05) is 6.07 Å². The van der Waals surface area contributed by atoms with Crippen LogP contribution in [0.2, 0.25) is 0 Å². The van der Waals surface area contributed by atoms with E-state index >= 15 is 0 Å². The Balaban J connectivity index is 1.41. The lowest BCUT2D eigenvalue weighted by Gasteiger charge is -2.26. The van der Waals surface area contributed by atoms with Crippen molar-refractivity contribution in [1.82, 2.24) is 14.4 Å². The summed E-state index contributed by atoms with van der Waals surface area (Å²) in [6, 6.07) is 10.5. The number of hydrogen-bond donors (Lipinski definition) is 0. The normalized spacial score (nSPS) is 17.6.